The topological polar surface area (TPSA) is 58.1 Å². The van der Waals surface area contributed by atoms with Crippen molar-refractivity contribution in [2.24, 2.45) is 5.92 Å². The van der Waals surface area contributed by atoms with Gasteiger partial charge in [0.25, 0.3) is 0 Å². The summed E-state index contributed by atoms with van der Waals surface area (Å²) in [6.07, 6.45) is 6.12. The molecule has 3 rings (SSSR count). The van der Waals surface area contributed by atoms with E-state index in [4.69, 9.17) is 11.6 Å². The number of alkyl halides is 1. The first-order valence-electron chi connectivity index (χ1n) is 7.85. The van der Waals surface area contributed by atoms with Crippen molar-refractivity contribution in [1.82, 2.24) is 9.97 Å². The van der Waals surface area contributed by atoms with Crippen LogP contribution in [0, 0.1) is 5.92 Å². The molecule has 0 radical (unpaired) electrons. The van der Waals surface area contributed by atoms with Crippen LogP contribution in [0.2, 0.25) is 5.15 Å². The molecule has 1 amide bonds. The number of carbonyl (C=O) groups is 1. The maximum absolute atomic E-state index is 13.4. The molecule has 22 heavy (non-hydrogen) atoms. The fourth-order valence-electron chi connectivity index (χ4n) is 3.20. The molecular formula is C15H20ClFN4O. The molecule has 1 aliphatic carbocycles. The van der Waals surface area contributed by atoms with Gasteiger partial charge in [-0.3, -0.25) is 4.79 Å². The molecule has 7 heteroatoms. The molecule has 1 aromatic rings. The van der Waals surface area contributed by atoms with Crippen molar-refractivity contribution in [3.05, 3.63) is 11.5 Å². The molecule has 2 heterocycles. The van der Waals surface area contributed by atoms with Crippen LogP contribution in [-0.4, -0.2) is 35.1 Å². The van der Waals surface area contributed by atoms with Gasteiger partial charge in [-0.1, -0.05) is 30.9 Å². The van der Waals surface area contributed by atoms with Crippen molar-refractivity contribution < 1.29 is 9.18 Å². The highest BCUT2D eigenvalue weighted by Gasteiger charge is 2.28. The summed E-state index contributed by atoms with van der Waals surface area (Å²) in [5.41, 5.74) is 0.411. The van der Waals surface area contributed by atoms with Gasteiger partial charge in [0.1, 0.15) is 18.2 Å². The Morgan fingerprint density at radius 1 is 1.27 bits per heavy atom. The van der Waals surface area contributed by atoms with E-state index in [2.05, 4.69) is 15.3 Å². The molecule has 0 unspecified atom stereocenters. The van der Waals surface area contributed by atoms with Gasteiger partial charge in [-0.25, -0.2) is 14.4 Å². The van der Waals surface area contributed by atoms with E-state index in [1.807, 2.05) is 4.90 Å². The number of amides is 1. The van der Waals surface area contributed by atoms with Crippen LogP contribution in [0.1, 0.15) is 38.5 Å². The number of rotatable bonds is 3. The van der Waals surface area contributed by atoms with Crippen LogP contribution in [-0.2, 0) is 4.79 Å². The predicted molar refractivity (Wildman–Crippen MR) is 84.0 cm³/mol. The summed E-state index contributed by atoms with van der Waals surface area (Å²) in [4.78, 5) is 22.4. The number of halogens is 2. The summed E-state index contributed by atoms with van der Waals surface area (Å²) in [5, 5.41) is 3.09. The molecule has 2 fully saturated rings. The molecule has 1 N–H and O–H groups in total. The number of anilines is 2. The first-order chi connectivity index (χ1) is 10.6. The van der Waals surface area contributed by atoms with Gasteiger partial charge in [-0.05, 0) is 19.3 Å². The Morgan fingerprint density at radius 2 is 2.05 bits per heavy atom. The fourth-order valence-corrected chi connectivity index (χ4v) is 3.38. The quantitative estimate of drug-likeness (QED) is 0.867. The second-order valence-electron chi connectivity index (χ2n) is 6.02. The standard InChI is InChI=1S/C15H20ClFN4O/c16-13-12(20-15(22)10-4-2-1-3-5-10)14(19-9-18-13)21-7-6-11(17)8-21/h9-11H,1-8H2,(H,20,22)/t11-/m0/s1. The third-order valence-corrected chi connectivity index (χ3v) is 4.72. The van der Waals surface area contributed by atoms with Gasteiger partial charge < -0.3 is 10.2 Å². The van der Waals surface area contributed by atoms with E-state index in [9.17, 15) is 9.18 Å². The van der Waals surface area contributed by atoms with E-state index >= 15 is 0 Å². The molecule has 1 saturated heterocycles. The summed E-state index contributed by atoms with van der Waals surface area (Å²) >= 11 is 6.14. The van der Waals surface area contributed by atoms with Crippen LogP contribution in [0.4, 0.5) is 15.9 Å². The monoisotopic (exact) mass is 326 g/mol. The second-order valence-corrected chi connectivity index (χ2v) is 6.38. The third-order valence-electron chi connectivity index (χ3n) is 4.44. The van der Waals surface area contributed by atoms with E-state index in [0.29, 0.717) is 24.5 Å². The summed E-state index contributed by atoms with van der Waals surface area (Å²) in [7, 11) is 0. The molecule has 5 nitrogen and oxygen atoms in total. The number of carbonyl (C=O) groups excluding carboxylic acids is 1. The molecule has 120 valence electrons. The Morgan fingerprint density at radius 3 is 2.73 bits per heavy atom. The Kier molecular flexibility index (Phi) is 4.76. The molecule has 1 aliphatic heterocycles. The number of aromatic nitrogens is 2. The van der Waals surface area contributed by atoms with Crippen LogP contribution in [0.3, 0.4) is 0 Å². The van der Waals surface area contributed by atoms with Gasteiger partial charge in [0, 0.05) is 12.5 Å². The average molecular weight is 327 g/mol. The van der Waals surface area contributed by atoms with Crippen molar-refractivity contribution in [2.75, 3.05) is 23.3 Å². The maximum Gasteiger partial charge on any atom is 0.227 e. The van der Waals surface area contributed by atoms with E-state index in [1.54, 1.807) is 0 Å². The lowest BCUT2D eigenvalue weighted by Crippen LogP contribution is -2.28. The average Bonchev–Trinajstić information content (AvgIpc) is 2.96. The molecule has 1 aromatic heterocycles. The van der Waals surface area contributed by atoms with Crippen LogP contribution in [0.5, 0.6) is 0 Å². The minimum absolute atomic E-state index is 0.0189. The van der Waals surface area contributed by atoms with Crippen molar-refractivity contribution in [3.63, 3.8) is 0 Å². The maximum atomic E-state index is 13.4. The van der Waals surface area contributed by atoms with E-state index in [1.165, 1.54) is 12.7 Å². The third kappa shape index (κ3) is 3.32. The molecule has 2 aliphatic rings. The highest BCUT2D eigenvalue weighted by atomic mass is 35.5. The van der Waals surface area contributed by atoms with E-state index in [0.717, 1.165) is 25.7 Å². The summed E-state index contributed by atoms with van der Waals surface area (Å²) in [6.45, 7) is 0.848. The van der Waals surface area contributed by atoms with Crippen molar-refractivity contribution in [1.29, 1.82) is 0 Å². The lowest BCUT2D eigenvalue weighted by atomic mass is 9.88. The molecule has 0 aromatic carbocycles. The summed E-state index contributed by atoms with van der Waals surface area (Å²) in [6, 6.07) is 0. The van der Waals surface area contributed by atoms with Crippen LogP contribution in [0.25, 0.3) is 0 Å². The van der Waals surface area contributed by atoms with Crippen LogP contribution < -0.4 is 10.2 Å². The van der Waals surface area contributed by atoms with Gasteiger partial charge in [0.15, 0.2) is 11.0 Å². The summed E-state index contributed by atoms with van der Waals surface area (Å²) < 4.78 is 13.4. The molecule has 1 atom stereocenters. The minimum Gasteiger partial charge on any atom is -0.352 e. The zero-order valence-corrected chi connectivity index (χ0v) is 13.2. The number of hydrogen-bond donors (Lipinski definition) is 1. The van der Waals surface area contributed by atoms with Crippen LogP contribution >= 0.6 is 11.6 Å². The van der Waals surface area contributed by atoms with E-state index in [-0.39, 0.29) is 23.5 Å². The highest BCUT2D eigenvalue weighted by Crippen LogP contribution is 2.33. The second kappa shape index (κ2) is 6.77. The predicted octanol–water partition coefficient (Wildman–Crippen LogP) is 3.20. The van der Waals surface area contributed by atoms with Gasteiger partial charge in [-0.15, -0.1) is 0 Å². The number of nitrogens with one attached hydrogen (secondary N) is 1. The first kappa shape index (κ1) is 15.5. The Bertz CT molecular complexity index is 550. The normalized spacial score (nSPS) is 22.8. The SMILES string of the molecule is O=C(Nc1c(Cl)ncnc1N1CC[C@H](F)C1)C1CCCCC1. The zero-order chi connectivity index (χ0) is 15.5. The van der Waals surface area contributed by atoms with Gasteiger partial charge in [0.2, 0.25) is 5.91 Å². The molecule has 1 saturated carbocycles. The van der Waals surface area contributed by atoms with Crippen molar-refractivity contribution >= 4 is 29.0 Å². The summed E-state index contributed by atoms with van der Waals surface area (Å²) in [5.74, 6) is 0.503. The largest absolute Gasteiger partial charge is 0.352 e. The van der Waals surface area contributed by atoms with Crippen LogP contribution in [0.15, 0.2) is 6.33 Å². The Balaban J connectivity index is 1.78. The lowest BCUT2D eigenvalue weighted by molar-refractivity contribution is -0.120. The number of hydrogen-bond acceptors (Lipinski definition) is 4. The van der Waals surface area contributed by atoms with Gasteiger partial charge >= 0.3 is 0 Å². The van der Waals surface area contributed by atoms with Crippen molar-refractivity contribution in [3.8, 4) is 0 Å². The minimum atomic E-state index is -0.865. The zero-order valence-electron chi connectivity index (χ0n) is 12.4. The fraction of sp³-hybridized carbons (Fsp3) is 0.667. The van der Waals surface area contributed by atoms with Crippen molar-refractivity contribution in [2.45, 2.75) is 44.7 Å². The van der Waals surface area contributed by atoms with Gasteiger partial charge in [0.05, 0.1) is 6.54 Å². The molecule has 0 spiro atoms. The van der Waals surface area contributed by atoms with Gasteiger partial charge in [-0.2, -0.15) is 0 Å². The lowest BCUT2D eigenvalue weighted by Gasteiger charge is -2.24. The number of nitrogens with zero attached hydrogens (tertiary/aromatic N) is 3. The van der Waals surface area contributed by atoms with E-state index < -0.39 is 6.17 Å². The molecule has 0 bridgehead atoms. The Hall–Kier alpha value is -1.43. The highest BCUT2D eigenvalue weighted by molar-refractivity contribution is 6.33. The smallest absolute Gasteiger partial charge is 0.227 e. The first-order valence-corrected chi connectivity index (χ1v) is 8.23. The molecular weight excluding hydrogens is 307 g/mol. The Labute approximate surface area is 134 Å².